The molecule has 2 atom stereocenters. The number of hydrogen-bond acceptors (Lipinski definition) is 7. The first kappa shape index (κ1) is 21.0. The van der Waals surface area contributed by atoms with Crippen molar-refractivity contribution >= 4 is 5.82 Å². The van der Waals surface area contributed by atoms with Gasteiger partial charge in [0.05, 0.1) is 25.8 Å². The lowest BCUT2D eigenvalue weighted by atomic mass is 9.84. The predicted molar refractivity (Wildman–Crippen MR) is 105 cm³/mol. The molecule has 1 aliphatic rings. The van der Waals surface area contributed by atoms with E-state index in [1.807, 2.05) is 0 Å². The van der Waals surface area contributed by atoms with Crippen molar-refractivity contribution in [3.63, 3.8) is 0 Å². The highest BCUT2D eigenvalue weighted by Gasteiger charge is 2.50. The molecule has 0 amide bonds. The van der Waals surface area contributed by atoms with Crippen molar-refractivity contribution in [3.8, 4) is 5.75 Å². The summed E-state index contributed by atoms with van der Waals surface area (Å²) in [5.74, 6) is 0.251. The lowest BCUT2D eigenvalue weighted by Crippen LogP contribution is -2.60. The van der Waals surface area contributed by atoms with Crippen LogP contribution in [0.15, 0.2) is 47.8 Å². The van der Waals surface area contributed by atoms with Crippen LogP contribution in [0.1, 0.15) is 11.6 Å². The van der Waals surface area contributed by atoms with E-state index in [4.69, 9.17) is 14.2 Å². The van der Waals surface area contributed by atoms with Gasteiger partial charge in [0, 0.05) is 25.8 Å². The number of benzene rings is 1. The molecule has 156 valence electrons. The van der Waals surface area contributed by atoms with Crippen LogP contribution in [-0.2, 0) is 16.0 Å². The van der Waals surface area contributed by atoms with Gasteiger partial charge in [-0.25, -0.2) is 9.07 Å². The van der Waals surface area contributed by atoms with E-state index in [2.05, 4.69) is 17.0 Å². The topological polar surface area (TPSA) is 94.8 Å². The number of aliphatic hydroxyl groups is 1. The third-order valence-corrected chi connectivity index (χ3v) is 4.72. The van der Waals surface area contributed by atoms with Gasteiger partial charge in [0.15, 0.2) is 5.60 Å². The molecule has 3 rings (SSSR count). The maximum absolute atomic E-state index is 14.0. The first-order valence-corrected chi connectivity index (χ1v) is 9.04. The zero-order chi connectivity index (χ0) is 21.0. The molecule has 1 aliphatic heterocycles. The molecular weight excluding hydrogens is 381 g/mol. The van der Waals surface area contributed by atoms with Gasteiger partial charge in [-0.3, -0.25) is 4.79 Å². The highest BCUT2D eigenvalue weighted by Crippen LogP contribution is 2.42. The molecule has 1 aromatic carbocycles. The standard InChI is InChI=1S/C20H24FN3O5/c1-4-9-24-17(25)8-7-16(23-24)22-18-14-10-13(21)5-6-15(14)29-20(11-27-2,12-28-3)19(18)26/h4-8,10,18-19,26H,1,9,11-12H2,2-3H3,(H,22,23)/t18-,19+/m1/s1. The molecule has 0 saturated heterocycles. The monoisotopic (exact) mass is 405 g/mol. The van der Waals surface area contributed by atoms with Crippen LogP contribution >= 0.6 is 0 Å². The van der Waals surface area contributed by atoms with Crippen LogP contribution in [0.5, 0.6) is 5.75 Å². The van der Waals surface area contributed by atoms with Crippen LogP contribution in [0.3, 0.4) is 0 Å². The van der Waals surface area contributed by atoms with Crippen LogP contribution in [0, 0.1) is 5.82 Å². The van der Waals surface area contributed by atoms with Crippen molar-refractivity contribution in [2.45, 2.75) is 24.3 Å². The Kier molecular flexibility index (Phi) is 6.31. The molecule has 29 heavy (non-hydrogen) atoms. The van der Waals surface area contributed by atoms with Crippen LogP contribution in [0.25, 0.3) is 0 Å². The Morgan fingerprint density at radius 2 is 2.07 bits per heavy atom. The molecule has 2 N–H and O–H groups in total. The van der Waals surface area contributed by atoms with Crippen molar-refractivity contribution in [2.24, 2.45) is 0 Å². The first-order chi connectivity index (χ1) is 13.9. The fourth-order valence-corrected chi connectivity index (χ4v) is 3.46. The summed E-state index contributed by atoms with van der Waals surface area (Å²) in [4.78, 5) is 11.9. The Hall–Kier alpha value is -2.75. The Morgan fingerprint density at radius 1 is 1.34 bits per heavy atom. The molecule has 2 aromatic rings. The number of fused-ring (bicyclic) bond motifs is 1. The molecule has 0 unspecified atom stereocenters. The van der Waals surface area contributed by atoms with Gasteiger partial charge in [0.1, 0.15) is 23.5 Å². The normalized spacial score (nSPS) is 19.9. The van der Waals surface area contributed by atoms with Crippen LogP contribution in [0.2, 0.25) is 0 Å². The second kappa shape index (κ2) is 8.73. The molecule has 0 radical (unpaired) electrons. The summed E-state index contributed by atoms with van der Waals surface area (Å²) >= 11 is 0. The minimum absolute atomic E-state index is 0.0421. The molecule has 0 bridgehead atoms. The van der Waals surface area contributed by atoms with Gasteiger partial charge >= 0.3 is 0 Å². The Bertz CT molecular complexity index is 927. The van der Waals surface area contributed by atoms with Crippen molar-refractivity contribution in [1.82, 2.24) is 9.78 Å². The number of rotatable bonds is 8. The Labute approximate surface area is 167 Å². The second-order valence-electron chi connectivity index (χ2n) is 6.81. The minimum atomic E-state index is -1.22. The van der Waals surface area contributed by atoms with Gasteiger partial charge < -0.3 is 24.6 Å². The van der Waals surface area contributed by atoms with Crippen molar-refractivity contribution in [3.05, 3.63) is 64.7 Å². The molecule has 1 aromatic heterocycles. The van der Waals surface area contributed by atoms with E-state index >= 15 is 0 Å². The number of hydrogen-bond donors (Lipinski definition) is 2. The Balaban J connectivity index is 2.05. The number of methoxy groups -OCH3 is 2. The van der Waals surface area contributed by atoms with E-state index in [0.717, 1.165) is 0 Å². The van der Waals surface area contributed by atoms with Crippen molar-refractivity contribution in [1.29, 1.82) is 0 Å². The predicted octanol–water partition coefficient (Wildman–Crippen LogP) is 1.51. The van der Waals surface area contributed by atoms with Gasteiger partial charge in [-0.2, -0.15) is 5.10 Å². The molecule has 8 nitrogen and oxygen atoms in total. The summed E-state index contributed by atoms with van der Waals surface area (Å²) < 4.78 is 31.7. The fraction of sp³-hybridized carbons (Fsp3) is 0.400. The molecule has 2 heterocycles. The quantitative estimate of drug-likeness (QED) is 0.643. The summed E-state index contributed by atoms with van der Waals surface area (Å²) in [6.07, 6.45) is 0.382. The van der Waals surface area contributed by atoms with E-state index in [1.165, 1.54) is 49.2 Å². The lowest BCUT2D eigenvalue weighted by Gasteiger charge is -2.45. The van der Waals surface area contributed by atoms with E-state index in [1.54, 1.807) is 6.08 Å². The number of ether oxygens (including phenoxy) is 3. The summed E-state index contributed by atoms with van der Waals surface area (Å²) in [6.45, 7) is 3.92. The van der Waals surface area contributed by atoms with Gasteiger partial charge in [-0.05, 0) is 24.3 Å². The van der Waals surface area contributed by atoms with Crippen molar-refractivity contribution < 1.29 is 23.7 Å². The Morgan fingerprint density at radius 3 is 2.72 bits per heavy atom. The maximum Gasteiger partial charge on any atom is 0.267 e. The number of nitrogens with zero attached hydrogens (tertiary/aromatic N) is 2. The largest absolute Gasteiger partial charge is 0.479 e. The smallest absolute Gasteiger partial charge is 0.267 e. The molecule has 0 fully saturated rings. The van der Waals surface area contributed by atoms with E-state index in [9.17, 15) is 14.3 Å². The number of nitrogens with one attached hydrogen (secondary N) is 1. The van der Waals surface area contributed by atoms with Gasteiger partial charge in [0.25, 0.3) is 5.56 Å². The van der Waals surface area contributed by atoms with E-state index in [0.29, 0.717) is 17.1 Å². The highest BCUT2D eigenvalue weighted by atomic mass is 19.1. The SMILES string of the molecule is C=CCn1nc(N[C@@H]2c3cc(F)ccc3OC(COC)(COC)[C@H]2O)ccc1=O. The summed E-state index contributed by atoms with van der Waals surface area (Å²) in [5, 5.41) is 18.5. The lowest BCUT2D eigenvalue weighted by molar-refractivity contribution is -0.142. The third kappa shape index (κ3) is 4.16. The van der Waals surface area contributed by atoms with Gasteiger partial charge in [0.2, 0.25) is 0 Å². The summed E-state index contributed by atoms with van der Waals surface area (Å²) in [6, 6.07) is 6.13. The number of aromatic nitrogens is 2. The second-order valence-corrected chi connectivity index (χ2v) is 6.81. The highest BCUT2D eigenvalue weighted by molar-refractivity contribution is 5.47. The molecular formula is C20H24FN3O5. The van der Waals surface area contributed by atoms with Gasteiger partial charge in [-0.1, -0.05) is 6.08 Å². The first-order valence-electron chi connectivity index (χ1n) is 9.04. The van der Waals surface area contributed by atoms with E-state index in [-0.39, 0.29) is 25.3 Å². The van der Waals surface area contributed by atoms with Gasteiger partial charge in [-0.15, -0.1) is 6.58 Å². The number of allylic oxidation sites excluding steroid dienone is 1. The van der Waals surface area contributed by atoms with Crippen molar-refractivity contribution in [2.75, 3.05) is 32.8 Å². The van der Waals surface area contributed by atoms with Crippen LogP contribution in [-0.4, -0.2) is 54.0 Å². The number of aliphatic hydroxyl groups excluding tert-OH is 1. The molecule has 0 saturated carbocycles. The molecule has 0 aliphatic carbocycles. The zero-order valence-corrected chi connectivity index (χ0v) is 16.3. The average Bonchev–Trinajstić information content (AvgIpc) is 2.69. The summed E-state index contributed by atoms with van der Waals surface area (Å²) in [5.41, 5.74) is -1.09. The number of halogens is 1. The average molecular weight is 405 g/mol. The van der Waals surface area contributed by atoms with E-state index < -0.39 is 23.6 Å². The number of anilines is 1. The third-order valence-electron chi connectivity index (χ3n) is 4.72. The molecule has 0 spiro atoms. The van der Waals surface area contributed by atoms with Crippen LogP contribution < -0.4 is 15.6 Å². The summed E-state index contributed by atoms with van der Waals surface area (Å²) in [7, 11) is 2.98. The zero-order valence-electron chi connectivity index (χ0n) is 16.3. The minimum Gasteiger partial charge on any atom is -0.479 e. The maximum atomic E-state index is 14.0. The van der Waals surface area contributed by atoms with Crippen LogP contribution in [0.4, 0.5) is 10.2 Å². The molecule has 9 heteroatoms. The fourth-order valence-electron chi connectivity index (χ4n) is 3.46.